The van der Waals surface area contributed by atoms with E-state index in [4.69, 9.17) is 9.97 Å². The molecule has 2 heterocycles. The first kappa shape index (κ1) is 31.2. The molecule has 0 atom stereocenters. The molecule has 55 heavy (non-hydrogen) atoms. The lowest BCUT2D eigenvalue weighted by Crippen LogP contribution is -1.93. The fraction of sp³-hybridized carbons (Fsp3) is 0. The van der Waals surface area contributed by atoms with Crippen LogP contribution in [0.5, 0.6) is 0 Å². The van der Waals surface area contributed by atoms with Crippen LogP contribution in [0.15, 0.2) is 200 Å². The van der Waals surface area contributed by atoms with Gasteiger partial charge in [0.25, 0.3) is 0 Å². The van der Waals surface area contributed by atoms with Gasteiger partial charge < -0.3 is 4.57 Å². The van der Waals surface area contributed by atoms with Crippen LogP contribution in [0.2, 0.25) is 0 Å². The molecule has 256 valence electrons. The molecule has 0 aliphatic carbocycles. The third kappa shape index (κ3) is 5.20. The van der Waals surface area contributed by atoms with Crippen LogP contribution in [-0.4, -0.2) is 14.5 Å². The molecule has 3 nitrogen and oxygen atoms in total. The van der Waals surface area contributed by atoms with Crippen molar-refractivity contribution in [3.8, 4) is 50.3 Å². The van der Waals surface area contributed by atoms with Crippen LogP contribution in [0.25, 0.3) is 105 Å². The van der Waals surface area contributed by atoms with E-state index < -0.39 is 0 Å². The Morgan fingerprint density at radius 3 is 1.42 bits per heavy atom. The summed E-state index contributed by atoms with van der Waals surface area (Å²) in [4.78, 5) is 10.3. The normalized spacial score (nSPS) is 11.6. The first-order valence-electron chi connectivity index (χ1n) is 18.7. The Bertz CT molecular complexity index is 3230. The summed E-state index contributed by atoms with van der Waals surface area (Å²) in [6.07, 6.45) is 1.92. The van der Waals surface area contributed by atoms with E-state index in [9.17, 15) is 0 Å². The summed E-state index contributed by atoms with van der Waals surface area (Å²) in [6.45, 7) is 0. The molecule has 2 aromatic heterocycles. The first-order chi connectivity index (χ1) is 27.3. The summed E-state index contributed by atoms with van der Waals surface area (Å²) in [6, 6.07) is 69.6. The van der Waals surface area contributed by atoms with Crippen molar-refractivity contribution in [3.63, 3.8) is 0 Å². The Hall–Kier alpha value is -7.36. The Labute approximate surface area is 318 Å². The highest BCUT2D eigenvalue weighted by Gasteiger charge is 2.15. The summed E-state index contributed by atoms with van der Waals surface area (Å²) in [5.41, 5.74) is 14.4. The number of hydrogen-bond acceptors (Lipinski definition) is 2. The zero-order valence-electron chi connectivity index (χ0n) is 29.9. The van der Waals surface area contributed by atoms with E-state index in [1.54, 1.807) is 0 Å². The maximum absolute atomic E-state index is 5.25. The van der Waals surface area contributed by atoms with Crippen molar-refractivity contribution in [2.75, 3.05) is 0 Å². The van der Waals surface area contributed by atoms with Gasteiger partial charge in [-0.15, -0.1) is 0 Å². The van der Waals surface area contributed by atoms with E-state index in [0.717, 1.165) is 49.9 Å². The Morgan fingerprint density at radius 1 is 0.309 bits per heavy atom. The fourth-order valence-corrected chi connectivity index (χ4v) is 8.38. The smallest absolute Gasteiger partial charge is 0.0979 e. The van der Waals surface area contributed by atoms with Crippen LogP contribution in [0.1, 0.15) is 0 Å². The van der Waals surface area contributed by atoms with Gasteiger partial charge in [0.15, 0.2) is 0 Å². The number of nitrogens with zero attached hydrogens (tertiary/aromatic N) is 3. The standard InChI is InChI=1S/C52H33N3/c1-2-19-41(20-3-1)55-49-26-9-8-23-44(49)45-28-27-39(32-50(45)55)37-16-11-14-35(30-37)34-13-10-15-36(29-34)38-17-12-18-40(31-38)48-33-53-51-46-24-6-4-21-42(46)43-22-5-7-25-47(43)52(51)54-48/h1-33H. The molecule has 0 unspecified atom stereocenters. The number of fused-ring (bicyclic) bond motifs is 9. The van der Waals surface area contributed by atoms with Gasteiger partial charge in [-0.25, -0.2) is 4.98 Å². The number of aromatic nitrogens is 3. The highest BCUT2D eigenvalue weighted by molar-refractivity contribution is 6.23. The van der Waals surface area contributed by atoms with Gasteiger partial charge in [0, 0.05) is 32.8 Å². The van der Waals surface area contributed by atoms with Crippen LogP contribution >= 0.6 is 0 Å². The number of hydrogen-bond donors (Lipinski definition) is 0. The summed E-state index contributed by atoms with van der Waals surface area (Å²) in [5, 5.41) is 7.16. The average Bonchev–Trinajstić information content (AvgIpc) is 3.60. The molecule has 3 heteroatoms. The van der Waals surface area contributed by atoms with Crippen molar-refractivity contribution in [1.29, 1.82) is 0 Å². The van der Waals surface area contributed by atoms with Crippen LogP contribution in [0, 0.1) is 0 Å². The topological polar surface area (TPSA) is 30.7 Å². The van der Waals surface area contributed by atoms with E-state index in [2.05, 4.69) is 199 Å². The van der Waals surface area contributed by atoms with Gasteiger partial charge in [0.05, 0.1) is 34.0 Å². The summed E-state index contributed by atoms with van der Waals surface area (Å²) >= 11 is 0. The number of rotatable bonds is 5. The van der Waals surface area contributed by atoms with Crippen molar-refractivity contribution in [3.05, 3.63) is 200 Å². The van der Waals surface area contributed by atoms with Crippen molar-refractivity contribution >= 4 is 54.4 Å². The Kier molecular flexibility index (Phi) is 7.17. The zero-order valence-corrected chi connectivity index (χ0v) is 29.9. The minimum absolute atomic E-state index is 0.863. The third-order valence-electron chi connectivity index (χ3n) is 11.0. The molecule has 11 rings (SSSR count). The quantitative estimate of drug-likeness (QED) is 0.167. The monoisotopic (exact) mass is 699 g/mol. The van der Waals surface area contributed by atoms with Gasteiger partial charge in [-0.3, -0.25) is 4.98 Å². The van der Waals surface area contributed by atoms with Crippen LogP contribution in [0.3, 0.4) is 0 Å². The Morgan fingerprint density at radius 2 is 0.782 bits per heavy atom. The predicted molar refractivity (Wildman–Crippen MR) is 231 cm³/mol. The summed E-state index contributed by atoms with van der Waals surface area (Å²) in [7, 11) is 0. The lowest BCUT2D eigenvalue weighted by Gasteiger charge is -2.12. The maximum atomic E-state index is 5.25. The lowest BCUT2D eigenvalue weighted by atomic mass is 9.95. The maximum Gasteiger partial charge on any atom is 0.0979 e. The Balaban J connectivity index is 0.963. The molecular weight excluding hydrogens is 667 g/mol. The van der Waals surface area contributed by atoms with E-state index in [0.29, 0.717) is 0 Å². The second kappa shape index (κ2) is 12.6. The molecule has 0 saturated carbocycles. The van der Waals surface area contributed by atoms with Gasteiger partial charge >= 0.3 is 0 Å². The van der Waals surface area contributed by atoms with E-state index in [1.165, 1.54) is 54.8 Å². The second-order valence-electron chi connectivity index (χ2n) is 14.2. The summed E-state index contributed by atoms with van der Waals surface area (Å²) in [5.74, 6) is 0. The van der Waals surface area contributed by atoms with Crippen LogP contribution in [0.4, 0.5) is 0 Å². The van der Waals surface area contributed by atoms with E-state index in [1.807, 2.05) is 6.20 Å². The highest BCUT2D eigenvalue weighted by Crippen LogP contribution is 2.38. The van der Waals surface area contributed by atoms with Gasteiger partial charge in [0.2, 0.25) is 0 Å². The van der Waals surface area contributed by atoms with Crippen molar-refractivity contribution < 1.29 is 0 Å². The van der Waals surface area contributed by atoms with Gasteiger partial charge in [0.1, 0.15) is 0 Å². The zero-order chi connectivity index (χ0) is 36.3. The fourth-order valence-electron chi connectivity index (χ4n) is 8.38. The van der Waals surface area contributed by atoms with Crippen molar-refractivity contribution in [1.82, 2.24) is 14.5 Å². The minimum Gasteiger partial charge on any atom is -0.309 e. The molecule has 0 N–H and O–H groups in total. The SMILES string of the molecule is c1ccc(-n2c3ccccc3c3ccc(-c4cccc(-c5cccc(-c6cccc(-c7cnc8c9ccccc9c9ccccc9c8n7)c6)c5)c4)cc32)cc1. The molecule has 0 aliphatic rings. The molecule has 0 fully saturated rings. The van der Waals surface area contributed by atoms with Crippen LogP contribution in [-0.2, 0) is 0 Å². The molecule has 0 saturated heterocycles. The van der Waals surface area contributed by atoms with Crippen molar-refractivity contribution in [2.45, 2.75) is 0 Å². The molecule has 0 bridgehead atoms. The minimum atomic E-state index is 0.863. The average molecular weight is 700 g/mol. The van der Waals surface area contributed by atoms with Gasteiger partial charge in [-0.2, -0.15) is 0 Å². The summed E-state index contributed by atoms with van der Waals surface area (Å²) < 4.78 is 2.38. The molecule has 9 aromatic carbocycles. The largest absolute Gasteiger partial charge is 0.309 e. The highest BCUT2D eigenvalue weighted by atomic mass is 15.0. The molecule has 11 aromatic rings. The van der Waals surface area contributed by atoms with E-state index in [-0.39, 0.29) is 0 Å². The molecule has 0 aliphatic heterocycles. The first-order valence-corrected chi connectivity index (χ1v) is 18.7. The third-order valence-corrected chi connectivity index (χ3v) is 11.0. The molecule has 0 spiro atoms. The predicted octanol–water partition coefficient (Wildman–Crippen LogP) is 13.7. The van der Waals surface area contributed by atoms with E-state index >= 15 is 0 Å². The number of para-hydroxylation sites is 2. The molecule has 0 amide bonds. The van der Waals surface area contributed by atoms with Gasteiger partial charge in [-0.05, 0) is 86.6 Å². The lowest BCUT2D eigenvalue weighted by molar-refractivity contribution is 1.18. The second-order valence-corrected chi connectivity index (χ2v) is 14.2. The van der Waals surface area contributed by atoms with Crippen LogP contribution < -0.4 is 0 Å². The molecule has 0 radical (unpaired) electrons. The van der Waals surface area contributed by atoms with Crippen molar-refractivity contribution in [2.24, 2.45) is 0 Å². The van der Waals surface area contributed by atoms with Gasteiger partial charge in [-0.1, -0.05) is 152 Å². The molecular formula is C52H33N3. The number of benzene rings is 9.